The number of para-hydroxylation sites is 1. The number of thiazole rings is 1. The number of hydrogen-bond acceptors (Lipinski definition) is 4. The first-order valence-electron chi connectivity index (χ1n) is 8.98. The number of fused-ring (bicyclic) bond motifs is 1. The molecule has 0 spiro atoms. The predicted octanol–water partition coefficient (Wildman–Crippen LogP) is 5.90. The van der Waals surface area contributed by atoms with Crippen molar-refractivity contribution in [1.29, 1.82) is 0 Å². The second kappa shape index (κ2) is 8.53. The highest BCUT2D eigenvalue weighted by molar-refractivity contribution is 7.99. The van der Waals surface area contributed by atoms with Gasteiger partial charge >= 0.3 is 6.18 Å². The van der Waals surface area contributed by atoms with Crippen molar-refractivity contribution in [3.63, 3.8) is 0 Å². The van der Waals surface area contributed by atoms with Gasteiger partial charge in [-0.1, -0.05) is 42.5 Å². The van der Waals surface area contributed by atoms with Crippen LogP contribution in [0, 0.1) is 0 Å². The van der Waals surface area contributed by atoms with Gasteiger partial charge in [0, 0.05) is 27.7 Å². The van der Waals surface area contributed by atoms with Crippen molar-refractivity contribution >= 4 is 39.7 Å². The van der Waals surface area contributed by atoms with E-state index in [9.17, 15) is 18.0 Å². The molecule has 4 nitrogen and oxygen atoms in total. The first-order valence-corrected chi connectivity index (χ1v) is 10.8. The number of alkyl halides is 3. The minimum absolute atomic E-state index is 0.0862. The van der Waals surface area contributed by atoms with Crippen LogP contribution in [0.25, 0.3) is 16.2 Å². The summed E-state index contributed by atoms with van der Waals surface area (Å²) in [5, 5.41) is 4.59. The molecule has 0 atom stereocenters. The fourth-order valence-electron chi connectivity index (χ4n) is 2.92. The number of aromatic nitrogens is 2. The van der Waals surface area contributed by atoms with E-state index < -0.39 is 11.9 Å². The standard InChI is InChI=1S/C21H16F3N3OS2/c22-21(23,24)13-30-18-9-5-4-8-16(18)25-19(28)10-15-12-29-20-26-17(11-27(15)20)14-6-2-1-3-7-14/h1-9,11-12H,10,13H2,(H,25,28). The number of hydrogen-bond donors (Lipinski definition) is 1. The summed E-state index contributed by atoms with van der Waals surface area (Å²) in [5.41, 5.74) is 2.94. The normalized spacial score (nSPS) is 11.7. The Kier molecular flexibility index (Phi) is 5.83. The van der Waals surface area contributed by atoms with Crippen LogP contribution in [0.3, 0.4) is 0 Å². The lowest BCUT2D eigenvalue weighted by Gasteiger charge is -2.11. The smallest absolute Gasteiger partial charge is 0.325 e. The molecule has 30 heavy (non-hydrogen) atoms. The van der Waals surface area contributed by atoms with Crippen LogP contribution in [-0.4, -0.2) is 27.2 Å². The number of halogens is 3. The van der Waals surface area contributed by atoms with E-state index in [1.165, 1.54) is 11.3 Å². The predicted molar refractivity (Wildman–Crippen MR) is 114 cm³/mol. The molecule has 0 radical (unpaired) electrons. The van der Waals surface area contributed by atoms with Gasteiger partial charge in [0.2, 0.25) is 5.91 Å². The van der Waals surface area contributed by atoms with Crippen LogP contribution in [0.1, 0.15) is 5.69 Å². The van der Waals surface area contributed by atoms with Gasteiger partial charge in [-0.3, -0.25) is 9.20 Å². The van der Waals surface area contributed by atoms with Gasteiger partial charge in [-0.25, -0.2) is 4.98 Å². The molecule has 4 aromatic rings. The molecule has 0 saturated carbocycles. The zero-order valence-electron chi connectivity index (χ0n) is 15.5. The number of nitrogens with zero attached hydrogens (tertiary/aromatic N) is 2. The van der Waals surface area contributed by atoms with Gasteiger partial charge in [0.15, 0.2) is 4.96 Å². The lowest BCUT2D eigenvalue weighted by molar-refractivity contribution is -0.115. The number of rotatable bonds is 6. The quantitative estimate of drug-likeness (QED) is 0.375. The number of carbonyl (C=O) groups excluding carboxylic acids is 1. The molecule has 154 valence electrons. The lowest BCUT2D eigenvalue weighted by Crippen LogP contribution is -2.16. The number of amides is 1. The van der Waals surface area contributed by atoms with Gasteiger partial charge in [0.1, 0.15) is 0 Å². The average Bonchev–Trinajstić information content (AvgIpc) is 3.29. The summed E-state index contributed by atoms with van der Waals surface area (Å²) in [4.78, 5) is 18.3. The minimum atomic E-state index is -4.28. The van der Waals surface area contributed by atoms with Crippen molar-refractivity contribution in [1.82, 2.24) is 9.38 Å². The number of thioether (sulfide) groups is 1. The fraction of sp³-hybridized carbons (Fsp3) is 0.143. The molecule has 9 heteroatoms. The minimum Gasteiger partial charge on any atom is -0.325 e. The summed E-state index contributed by atoms with van der Waals surface area (Å²) in [5.74, 6) is -1.31. The largest absolute Gasteiger partial charge is 0.398 e. The maximum Gasteiger partial charge on any atom is 0.398 e. The molecule has 0 bridgehead atoms. The highest BCUT2D eigenvalue weighted by Crippen LogP contribution is 2.32. The zero-order chi connectivity index (χ0) is 21.1. The lowest BCUT2D eigenvalue weighted by atomic mass is 10.2. The molecule has 2 heterocycles. The Labute approximate surface area is 178 Å². The molecule has 1 N–H and O–H groups in total. The molecule has 0 fully saturated rings. The van der Waals surface area contributed by atoms with E-state index in [0.717, 1.165) is 21.9 Å². The summed E-state index contributed by atoms with van der Waals surface area (Å²) in [7, 11) is 0. The summed E-state index contributed by atoms with van der Waals surface area (Å²) in [6, 6.07) is 16.2. The van der Waals surface area contributed by atoms with Gasteiger partial charge in [0.05, 0.1) is 23.6 Å². The van der Waals surface area contributed by atoms with E-state index in [-0.39, 0.29) is 12.3 Å². The fourth-order valence-corrected chi connectivity index (χ4v) is 4.56. The van der Waals surface area contributed by atoms with Crippen LogP contribution in [0.15, 0.2) is 71.1 Å². The van der Waals surface area contributed by atoms with Crippen LogP contribution in [0.2, 0.25) is 0 Å². The molecule has 0 saturated heterocycles. The van der Waals surface area contributed by atoms with Crippen molar-refractivity contribution in [3.05, 3.63) is 71.9 Å². The van der Waals surface area contributed by atoms with Crippen molar-refractivity contribution in [2.75, 3.05) is 11.1 Å². The Balaban J connectivity index is 1.49. The van der Waals surface area contributed by atoms with E-state index >= 15 is 0 Å². The molecule has 1 amide bonds. The second-order valence-electron chi connectivity index (χ2n) is 6.50. The molecule has 2 aromatic heterocycles. The topological polar surface area (TPSA) is 46.4 Å². The summed E-state index contributed by atoms with van der Waals surface area (Å²) in [6.07, 6.45) is -2.30. The highest BCUT2D eigenvalue weighted by Gasteiger charge is 2.27. The Morgan fingerprint density at radius 1 is 1.10 bits per heavy atom. The highest BCUT2D eigenvalue weighted by atomic mass is 32.2. The van der Waals surface area contributed by atoms with Gasteiger partial charge < -0.3 is 5.32 Å². The number of nitrogens with one attached hydrogen (secondary N) is 1. The van der Waals surface area contributed by atoms with Crippen molar-refractivity contribution in [3.8, 4) is 11.3 Å². The molecule has 0 unspecified atom stereocenters. The van der Waals surface area contributed by atoms with Gasteiger partial charge in [-0.05, 0) is 12.1 Å². The average molecular weight is 448 g/mol. The van der Waals surface area contributed by atoms with Crippen LogP contribution in [-0.2, 0) is 11.2 Å². The molecule has 4 rings (SSSR count). The molecular formula is C21H16F3N3OS2. The molecular weight excluding hydrogens is 431 g/mol. The molecule has 0 aliphatic carbocycles. The molecule has 0 aliphatic heterocycles. The third-order valence-electron chi connectivity index (χ3n) is 4.25. The van der Waals surface area contributed by atoms with E-state index in [1.54, 1.807) is 24.3 Å². The van der Waals surface area contributed by atoms with E-state index in [1.807, 2.05) is 46.3 Å². The Hall–Kier alpha value is -2.78. The summed E-state index contributed by atoms with van der Waals surface area (Å²) in [6.45, 7) is 0. The molecule has 0 aliphatic rings. The van der Waals surface area contributed by atoms with Crippen LogP contribution in [0.4, 0.5) is 18.9 Å². The Morgan fingerprint density at radius 2 is 1.83 bits per heavy atom. The third kappa shape index (κ3) is 4.85. The first kappa shape index (κ1) is 20.5. The zero-order valence-corrected chi connectivity index (χ0v) is 17.2. The van der Waals surface area contributed by atoms with Crippen molar-refractivity contribution in [2.45, 2.75) is 17.5 Å². The molecule has 2 aromatic carbocycles. The van der Waals surface area contributed by atoms with E-state index in [0.29, 0.717) is 22.3 Å². The van der Waals surface area contributed by atoms with Gasteiger partial charge in [-0.15, -0.1) is 23.1 Å². The Bertz CT molecular complexity index is 1170. The van der Waals surface area contributed by atoms with Crippen molar-refractivity contribution < 1.29 is 18.0 Å². The van der Waals surface area contributed by atoms with Gasteiger partial charge in [-0.2, -0.15) is 13.2 Å². The summed E-state index contributed by atoms with van der Waals surface area (Å²) < 4.78 is 39.5. The van der Waals surface area contributed by atoms with E-state index in [4.69, 9.17) is 0 Å². The van der Waals surface area contributed by atoms with Crippen LogP contribution >= 0.6 is 23.1 Å². The monoisotopic (exact) mass is 447 g/mol. The van der Waals surface area contributed by atoms with Crippen LogP contribution in [0.5, 0.6) is 0 Å². The first-order chi connectivity index (χ1) is 14.4. The Morgan fingerprint density at radius 3 is 2.60 bits per heavy atom. The number of carbonyl (C=O) groups is 1. The number of anilines is 1. The maximum atomic E-state index is 12.6. The SMILES string of the molecule is O=C(Cc1csc2nc(-c3ccccc3)cn12)Nc1ccccc1SCC(F)(F)F. The third-order valence-corrected chi connectivity index (χ3v) is 6.27. The van der Waals surface area contributed by atoms with E-state index in [2.05, 4.69) is 10.3 Å². The summed E-state index contributed by atoms with van der Waals surface area (Å²) >= 11 is 2.09. The number of benzene rings is 2. The van der Waals surface area contributed by atoms with Crippen LogP contribution < -0.4 is 5.32 Å². The second-order valence-corrected chi connectivity index (χ2v) is 8.35. The number of imidazole rings is 1. The van der Waals surface area contributed by atoms with Gasteiger partial charge in [0.25, 0.3) is 0 Å². The van der Waals surface area contributed by atoms with Crippen molar-refractivity contribution in [2.24, 2.45) is 0 Å². The maximum absolute atomic E-state index is 12.6.